The fourth-order valence-electron chi connectivity index (χ4n) is 3.57. The highest BCUT2D eigenvalue weighted by molar-refractivity contribution is 6.30. The van der Waals surface area contributed by atoms with Crippen LogP contribution in [-0.2, 0) is 17.9 Å². The van der Waals surface area contributed by atoms with Crippen molar-refractivity contribution in [2.45, 2.75) is 32.4 Å². The number of halogens is 1. The van der Waals surface area contributed by atoms with Crippen LogP contribution in [0.4, 0.5) is 5.88 Å². The van der Waals surface area contributed by atoms with Crippen LogP contribution in [0.2, 0.25) is 5.02 Å². The van der Waals surface area contributed by atoms with Gasteiger partial charge in [0.2, 0.25) is 5.91 Å². The minimum Gasteiger partial charge on any atom is -0.467 e. The summed E-state index contributed by atoms with van der Waals surface area (Å²) in [7, 11) is 0. The molecule has 0 bridgehead atoms. The second-order valence-electron chi connectivity index (χ2n) is 7.45. The van der Waals surface area contributed by atoms with Crippen LogP contribution in [0.5, 0.6) is 0 Å². The standard InChI is InChI=1S/C24H25ClN2O3/c25-20-9-6-19(7-10-20)8-12-23(28)27(17-21-5-4-16-29-21)18-22-11-13-24(30-22)26-14-2-1-3-15-26/h4-13,16H,1-3,14-15,17-18H2/b12-8+. The van der Waals surface area contributed by atoms with Gasteiger partial charge in [0.25, 0.3) is 0 Å². The van der Waals surface area contributed by atoms with E-state index in [4.69, 9.17) is 20.4 Å². The minimum atomic E-state index is -0.114. The molecule has 1 aliphatic heterocycles. The first-order chi connectivity index (χ1) is 14.7. The summed E-state index contributed by atoms with van der Waals surface area (Å²) in [5.41, 5.74) is 0.913. The zero-order valence-corrected chi connectivity index (χ0v) is 17.6. The van der Waals surface area contributed by atoms with Gasteiger partial charge in [-0.25, -0.2) is 0 Å². The molecule has 6 heteroatoms. The Hall–Kier alpha value is -2.92. The number of hydrogen-bond acceptors (Lipinski definition) is 4. The van der Waals surface area contributed by atoms with E-state index in [1.807, 2.05) is 36.4 Å². The summed E-state index contributed by atoms with van der Waals surface area (Å²) in [6.07, 6.45) is 8.62. The fraction of sp³-hybridized carbons (Fsp3) is 0.292. The van der Waals surface area contributed by atoms with Crippen LogP contribution >= 0.6 is 11.6 Å². The number of anilines is 1. The van der Waals surface area contributed by atoms with Gasteiger partial charge in [0.1, 0.15) is 11.5 Å². The molecule has 2 aromatic heterocycles. The molecule has 1 saturated heterocycles. The van der Waals surface area contributed by atoms with Gasteiger partial charge in [-0.15, -0.1) is 0 Å². The monoisotopic (exact) mass is 424 g/mol. The molecule has 3 aromatic rings. The van der Waals surface area contributed by atoms with E-state index in [1.165, 1.54) is 19.3 Å². The lowest BCUT2D eigenvalue weighted by Crippen LogP contribution is -2.29. The van der Waals surface area contributed by atoms with Crippen molar-refractivity contribution in [1.29, 1.82) is 0 Å². The average Bonchev–Trinajstić information content (AvgIpc) is 3.46. The Bertz CT molecular complexity index is 970. The van der Waals surface area contributed by atoms with E-state index in [1.54, 1.807) is 35.4 Å². The van der Waals surface area contributed by atoms with Crippen LogP contribution in [0.3, 0.4) is 0 Å². The highest BCUT2D eigenvalue weighted by Gasteiger charge is 2.18. The number of piperidine rings is 1. The lowest BCUT2D eigenvalue weighted by Gasteiger charge is -2.26. The predicted octanol–water partition coefficient (Wildman–Crippen LogP) is 5.76. The van der Waals surface area contributed by atoms with E-state index in [2.05, 4.69) is 4.90 Å². The van der Waals surface area contributed by atoms with Gasteiger partial charge in [-0.3, -0.25) is 4.79 Å². The third-order valence-electron chi connectivity index (χ3n) is 5.19. The second-order valence-corrected chi connectivity index (χ2v) is 7.88. The zero-order chi connectivity index (χ0) is 20.8. The molecule has 30 heavy (non-hydrogen) atoms. The molecule has 4 rings (SSSR count). The van der Waals surface area contributed by atoms with Gasteiger partial charge in [-0.1, -0.05) is 23.7 Å². The van der Waals surface area contributed by atoms with Crippen molar-refractivity contribution in [1.82, 2.24) is 4.90 Å². The summed E-state index contributed by atoms with van der Waals surface area (Å²) in [5, 5.41) is 0.667. The number of hydrogen-bond donors (Lipinski definition) is 0. The molecule has 1 aliphatic rings. The summed E-state index contributed by atoms with van der Waals surface area (Å²) in [5.74, 6) is 2.26. The first-order valence-corrected chi connectivity index (χ1v) is 10.6. The van der Waals surface area contributed by atoms with Crippen LogP contribution in [0.1, 0.15) is 36.3 Å². The maximum Gasteiger partial charge on any atom is 0.247 e. The van der Waals surface area contributed by atoms with Crippen LogP contribution in [0, 0.1) is 0 Å². The molecule has 0 saturated carbocycles. The number of furan rings is 2. The normalized spacial score (nSPS) is 14.4. The largest absolute Gasteiger partial charge is 0.467 e. The van der Waals surface area contributed by atoms with Gasteiger partial charge in [-0.05, 0) is 61.2 Å². The summed E-state index contributed by atoms with van der Waals surface area (Å²) < 4.78 is 11.5. The van der Waals surface area contributed by atoms with Crippen LogP contribution in [0.25, 0.3) is 6.08 Å². The smallest absolute Gasteiger partial charge is 0.247 e. The fourth-order valence-corrected chi connectivity index (χ4v) is 3.70. The molecule has 0 atom stereocenters. The summed E-state index contributed by atoms with van der Waals surface area (Å²) >= 11 is 5.93. The third-order valence-corrected chi connectivity index (χ3v) is 5.44. The highest BCUT2D eigenvalue weighted by Crippen LogP contribution is 2.24. The Morgan fingerprint density at radius 1 is 1.00 bits per heavy atom. The van der Waals surface area contributed by atoms with Gasteiger partial charge >= 0.3 is 0 Å². The van der Waals surface area contributed by atoms with Crippen molar-refractivity contribution in [2.75, 3.05) is 18.0 Å². The lowest BCUT2D eigenvalue weighted by atomic mass is 10.1. The Balaban J connectivity index is 1.47. The second kappa shape index (κ2) is 9.72. The Morgan fingerprint density at radius 2 is 1.77 bits per heavy atom. The number of rotatable bonds is 7. The Kier molecular flexibility index (Phi) is 6.60. The van der Waals surface area contributed by atoms with E-state index in [0.717, 1.165) is 36.1 Å². The molecule has 0 spiro atoms. The predicted molar refractivity (Wildman–Crippen MR) is 118 cm³/mol. The molecule has 0 aliphatic carbocycles. The summed E-state index contributed by atoms with van der Waals surface area (Å²) in [6.45, 7) is 2.78. The molecular formula is C24H25ClN2O3. The quantitative estimate of drug-likeness (QED) is 0.452. The molecule has 0 radical (unpaired) electrons. The molecule has 3 heterocycles. The van der Waals surface area contributed by atoms with Crippen molar-refractivity contribution < 1.29 is 13.6 Å². The summed E-state index contributed by atoms with van der Waals surface area (Å²) in [6, 6.07) is 15.0. The third kappa shape index (κ3) is 5.36. The van der Waals surface area contributed by atoms with Gasteiger partial charge < -0.3 is 18.6 Å². The maximum absolute atomic E-state index is 12.9. The van der Waals surface area contributed by atoms with Gasteiger partial charge in [0.15, 0.2) is 5.88 Å². The maximum atomic E-state index is 12.9. The summed E-state index contributed by atoms with van der Waals surface area (Å²) in [4.78, 5) is 16.9. The SMILES string of the molecule is O=C(/C=C/c1ccc(Cl)cc1)N(Cc1ccco1)Cc1ccc(N2CCCCC2)o1. The van der Waals surface area contributed by atoms with Crippen molar-refractivity contribution in [3.05, 3.63) is 83.0 Å². The molecule has 1 aromatic carbocycles. The highest BCUT2D eigenvalue weighted by atomic mass is 35.5. The van der Waals surface area contributed by atoms with Crippen LogP contribution in [-0.4, -0.2) is 23.9 Å². The lowest BCUT2D eigenvalue weighted by molar-refractivity contribution is -0.127. The van der Waals surface area contributed by atoms with Crippen LogP contribution in [0.15, 0.2) is 69.7 Å². The van der Waals surface area contributed by atoms with E-state index in [-0.39, 0.29) is 5.91 Å². The molecule has 1 amide bonds. The van der Waals surface area contributed by atoms with Crippen molar-refractivity contribution in [2.24, 2.45) is 0 Å². The molecule has 0 N–H and O–H groups in total. The van der Waals surface area contributed by atoms with E-state index >= 15 is 0 Å². The molecular weight excluding hydrogens is 400 g/mol. The minimum absolute atomic E-state index is 0.114. The Labute approximate surface area is 181 Å². The van der Waals surface area contributed by atoms with E-state index in [0.29, 0.717) is 18.1 Å². The van der Waals surface area contributed by atoms with Crippen molar-refractivity contribution in [3.63, 3.8) is 0 Å². The number of nitrogens with zero attached hydrogens (tertiary/aromatic N) is 2. The first kappa shape index (κ1) is 20.4. The number of benzene rings is 1. The number of amides is 1. The molecule has 5 nitrogen and oxygen atoms in total. The van der Waals surface area contributed by atoms with Gasteiger partial charge in [0.05, 0.1) is 19.4 Å². The van der Waals surface area contributed by atoms with Crippen molar-refractivity contribution in [3.8, 4) is 0 Å². The van der Waals surface area contributed by atoms with E-state index in [9.17, 15) is 4.79 Å². The van der Waals surface area contributed by atoms with E-state index < -0.39 is 0 Å². The van der Waals surface area contributed by atoms with Crippen LogP contribution < -0.4 is 4.90 Å². The Morgan fingerprint density at radius 3 is 2.50 bits per heavy atom. The van der Waals surface area contributed by atoms with Gasteiger partial charge in [0, 0.05) is 30.3 Å². The number of carbonyl (C=O) groups excluding carboxylic acids is 1. The van der Waals surface area contributed by atoms with Crippen molar-refractivity contribution >= 4 is 29.5 Å². The van der Waals surface area contributed by atoms with Gasteiger partial charge in [-0.2, -0.15) is 0 Å². The topological polar surface area (TPSA) is 49.8 Å². The zero-order valence-electron chi connectivity index (χ0n) is 16.8. The number of carbonyl (C=O) groups is 1. The molecule has 156 valence electrons. The molecule has 0 unspecified atom stereocenters. The first-order valence-electron chi connectivity index (χ1n) is 10.3. The molecule has 1 fully saturated rings. The average molecular weight is 425 g/mol.